The van der Waals surface area contributed by atoms with Gasteiger partial charge < -0.3 is 26.3 Å². The molecule has 6 rings (SSSR count). The SMILES string of the molecule is CC(C)(N)C(=O)NC(Cc1c[nH]c2ccccc12)C(=O)N1CCC2(CC1)c1ccccc1NC2S(=O)(=O)c1ccccc1. The van der Waals surface area contributed by atoms with Crippen LogP contribution < -0.4 is 16.4 Å². The summed E-state index contributed by atoms with van der Waals surface area (Å²) in [6, 6.07) is 23.2. The molecule has 224 valence electrons. The zero-order chi connectivity index (χ0) is 30.4. The fourth-order valence-electron chi connectivity index (χ4n) is 6.53. The van der Waals surface area contributed by atoms with E-state index in [1.807, 2.05) is 54.7 Å². The molecular formula is C33H37N5O4S. The van der Waals surface area contributed by atoms with Crippen LogP contribution in [-0.4, -0.2) is 60.2 Å². The van der Waals surface area contributed by atoms with Crippen molar-refractivity contribution in [2.45, 2.75) is 60.4 Å². The Kier molecular flexibility index (Phi) is 7.30. The average molecular weight is 600 g/mol. The van der Waals surface area contributed by atoms with E-state index in [1.54, 1.807) is 49.1 Å². The van der Waals surface area contributed by atoms with E-state index in [0.29, 0.717) is 32.4 Å². The van der Waals surface area contributed by atoms with Crippen LogP contribution in [0.25, 0.3) is 10.9 Å². The molecule has 5 N–H and O–H groups in total. The number of carbonyl (C=O) groups is 2. The number of hydrogen-bond acceptors (Lipinski definition) is 6. The van der Waals surface area contributed by atoms with Crippen molar-refractivity contribution < 1.29 is 18.0 Å². The van der Waals surface area contributed by atoms with Gasteiger partial charge >= 0.3 is 0 Å². The van der Waals surface area contributed by atoms with E-state index in [2.05, 4.69) is 15.6 Å². The van der Waals surface area contributed by atoms with Crippen molar-refractivity contribution >= 4 is 38.2 Å². The number of hydrogen-bond donors (Lipinski definition) is 4. The Bertz CT molecular complexity index is 1770. The summed E-state index contributed by atoms with van der Waals surface area (Å²) in [5, 5.41) is 6.36. The van der Waals surface area contributed by atoms with E-state index in [1.165, 1.54) is 0 Å². The second-order valence-electron chi connectivity index (χ2n) is 12.2. The highest BCUT2D eigenvalue weighted by Gasteiger charge is 2.54. The summed E-state index contributed by atoms with van der Waals surface area (Å²) in [5.41, 5.74) is 7.85. The Morgan fingerprint density at radius 1 is 1.00 bits per heavy atom. The Morgan fingerprint density at radius 3 is 2.37 bits per heavy atom. The van der Waals surface area contributed by atoms with Crippen molar-refractivity contribution in [2.75, 3.05) is 18.4 Å². The lowest BCUT2D eigenvalue weighted by molar-refractivity contribution is -0.138. The van der Waals surface area contributed by atoms with Crippen LogP contribution in [0.3, 0.4) is 0 Å². The zero-order valence-electron chi connectivity index (χ0n) is 24.3. The van der Waals surface area contributed by atoms with Crippen LogP contribution in [0, 0.1) is 0 Å². The van der Waals surface area contributed by atoms with Crippen molar-refractivity contribution in [3.8, 4) is 0 Å². The number of benzene rings is 3. The Morgan fingerprint density at radius 2 is 1.65 bits per heavy atom. The normalized spacial score (nSPS) is 18.7. The highest BCUT2D eigenvalue weighted by molar-refractivity contribution is 7.92. The van der Waals surface area contributed by atoms with Gasteiger partial charge in [0.2, 0.25) is 11.8 Å². The second kappa shape index (κ2) is 10.8. The minimum atomic E-state index is -3.74. The molecule has 2 aliphatic rings. The van der Waals surface area contributed by atoms with Crippen LogP contribution in [0.1, 0.15) is 37.8 Å². The smallest absolute Gasteiger partial charge is 0.245 e. The van der Waals surface area contributed by atoms with Gasteiger partial charge in [-0.1, -0.05) is 54.6 Å². The molecule has 1 saturated heterocycles. The number of aromatic amines is 1. The van der Waals surface area contributed by atoms with E-state index in [0.717, 1.165) is 27.7 Å². The molecule has 1 fully saturated rings. The number of nitrogens with two attached hydrogens (primary N) is 1. The molecule has 0 bridgehead atoms. The number of anilines is 1. The van der Waals surface area contributed by atoms with Crippen LogP contribution in [0.5, 0.6) is 0 Å². The number of nitrogens with one attached hydrogen (secondary N) is 3. The highest BCUT2D eigenvalue weighted by atomic mass is 32.2. The topological polar surface area (TPSA) is 137 Å². The molecule has 0 aliphatic carbocycles. The molecule has 1 aromatic heterocycles. The molecule has 2 aliphatic heterocycles. The number of fused-ring (bicyclic) bond motifs is 3. The van der Waals surface area contributed by atoms with Crippen LogP contribution in [0.2, 0.25) is 0 Å². The summed E-state index contributed by atoms with van der Waals surface area (Å²) in [4.78, 5) is 32.4. The third-order valence-corrected chi connectivity index (χ3v) is 11.0. The quantitative estimate of drug-likeness (QED) is 0.256. The molecule has 0 saturated carbocycles. The van der Waals surface area contributed by atoms with E-state index in [-0.39, 0.29) is 10.8 Å². The monoisotopic (exact) mass is 599 g/mol. The number of amides is 2. The lowest BCUT2D eigenvalue weighted by Gasteiger charge is -2.43. The minimum absolute atomic E-state index is 0.209. The Labute approximate surface area is 251 Å². The maximum atomic E-state index is 14.1. The number of piperidine rings is 1. The average Bonchev–Trinajstić information content (AvgIpc) is 3.56. The van der Waals surface area contributed by atoms with Crippen molar-refractivity contribution in [3.63, 3.8) is 0 Å². The number of para-hydroxylation sites is 2. The van der Waals surface area contributed by atoms with Gasteiger partial charge in [-0.25, -0.2) is 8.42 Å². The third-order valence-electron chi connectivity index (χ3n) is 8.89. The summed E-state index contributed by atoms with van der Waals surface area (Å²) in [6.07, 6.45) is 3.07. The van der Waals surface area contributed by atoms with Gasteiger partial charge in [0.25, 0.3) is 0 Å². The molecule has 3 aromatic carbocycles. The standard InChI is InChI=1S/C33H37N5O4S/c1-32(2,34)30(40)36-28(20-22-21-35-26-14-8-6-12-24(22)26)29(39)38-18-16-33(17-19-38)25-13-7-9-15-27(25)37-31(33)43(41,42)23-10-4-3-5-11-23/h3-15,21,28,31,35,37H,16-20,34H2,1-2H3,(H,36,40). The van der Waals surface area contributed by atoms with Gasteiger partial charge in [-0.3, -0.25) is 9.59 Å². The van der Waals surface area contributed by atoms with Gasteiger partial charge in [-0.2, -0.15) is 0 Å². The molecule has 1 spiro atoms. The number of H-pyrrole nitrogens is 1. The molecule has 43 heavy (non-hydrogen) atoms. The summed E-state index contributed by atoms with van der Waals surface area (Å²) in [6.45, 7) is 3.92. The fourth-order valence-corrected chi connectivity index (χ4v) is 8.57. The number of sulfone groups is 1. The molecule has 2 atom stereocenters. The van der Waals surface area contributed by atoms with E-state index >= 15 is 0 Å². The predicted molar refractivity (Wildman–Crippen MR) is 167 cm³/mol. The largest absolute Gasteiger partial charge is 0.368 e. The first-order valence-corrected chi connectivity index (χ1v) is 16.1. The van der Waals surface area contributed by atoms with Crippen LogP contribution in [0.15, 0.2) is 90.0 Å². The van der Waals surface area contributed by atoms with Gasteiger partial charge in [0.05, 0.1) is 10.4 Å². The lowest BCUT2D eigenvalue weighted by Crippen LogP contribution is -2.59. The number of nitrogens with zero attached hydrogens (tertiary/aromatic N) is 1. The van der Waals surface area contributed by atoms with Gasteiger partial charge in [-0.15, -0.1) is 0 Å². The number of carbonyl (C=O) groups excluding carboxylic acids is 2. The number of aromatic nitrogens is 1. The first-order chi connectivity index (χ1) is 20.5. The number of likely N-dealkylation sites (tertiary alicyclic amines) is 1. The van der Waals surface area contributed by atoms with E-state index < -0.39 is 38.1 Å². The molecule has 0 radical (unpaired) electrons. The number of rotatable bonds is 7. The lowest BCUT2D eigenvalue weighted by atomic mass is 9.74. The van der Waals surface area contributed by atoms with Crippen LogP contribution >= 0.6 is 0 Å². The fraction of sp³-hybridized carbons (Fsp3) is 0.333. The summed E-state index contributed by atoms with van der Waals surface area (Å²) >= 11 is 0. The molecule has 10 heteroatoms. The highest BCUT2D eigenvalue weighted by Crippen LogP contribution is 2.50. The maximum Gasteiger partial charge on any atom is 0.245 e. The zero-order valence-corrected chi connectivity index (χ0v) is 25.2. The molecule has 9 nitrogen and oxygen atoms in total. The molecule has 4 aromatic rings. The molecule has 3 heterocycles. The van der Waals surface area contributed by atoms with Crippen LogP contribution in [0.4, 0.5) is 5.69 Å². The third kappa shape index (κ3) is 5.19. The summed E-state index contributed by atoms with van der Waals surface area (Å²) in [5.74, 6) is -0.624. The maximum absolute atomic E-state index is 14.1. The molecule has 2 unspecified atom stereocenters. The molecular weight excluding hydrogens is 562 g/mol. The van der Waals surface area contributed by atoms with Gasteiger partial charge in [0.1, 0.15) is 11.4 Å². The Hall–Kier alpha value is -4.15. The minimum Gasteiger partial charge on any atom is -0.368 e. The van der Waals surface area contributed by atoms with Crippen LogP contribution in [-0.2, 0) is 31.3 Å². The van der Waals surface area contributed by atoms with Crippen molar-refractivity contribution in [3.05, 3.63) is 96.2 Å². The second-order valence-corrected chi connectivity index (χ2v) is 14.3. The van der Waals surface area contributed by atoms with Gasteiger partial charge in [0, 0.05) is 47.7 Å². The van der Waals surface area contributed by atoms with Crippen molar-refractivity contribution in [2.24, 2.45) is 5.73 Å². The summed E-state index contributed by atoms with van der Waals surface area (Å²) < 4.78 is 28.0. The van der Waals surface area contributed by atoms with E-state index in [4.69, 9.17) is 5.73 Å². The van der Waals surface area contributed by atoms with E-state index in [9.17, 15) is 18.0 Å². The first-order valence-electron chi connectivity index (χ1n) is 14.6. The first kappa shape index (κ1) is 28.9. The predicted octanol–water partition coefficient (Wildman–Crippen LogP) is 3.72. The van der Waals surface area contributed by atoms with Gasteiger partial charge in [-0.05, 0) is 62.1 Å². The molecule has 2 amide bonds. The summed E-state index contributed by atoms with van der Waals surface area (Å²) in [7, 11) is -3.74. The Balaban J connectivity index is 1.28. The van der Waals surface area contributed by atoms with Crippen molar-refractivity contribution in [1.29, 1.82) is 0 Å². The van der Waals surface area contributed by atoms with Gasteiger partial charge in [0.15, 0.2) is 9.84 Å². The van der Waals surface area contributed by atoms with Crippen molar-refractivity contribution in [1.82, 2.24) is 15.2 Å².